The van der Waals surface area contributed by atoms with E-state index in [-0.39, 0.29) is 19.6 Å². The van der Waals surface area contributed by atoms with E-state index in [1.54, 1.807) is 27.7 Å². The summed E-state index contributed by atoms with van der Waals surface area (Å²) < 4.78 is 42.7. The van der Waals surface area contributed by atoms with E-state index in [2.05, 4.69) is 5.32 Å². The zero-order valence-electron chi connectivity index (χ0n) is 13.5. The third kappa shape index (κ3) is 7.13. The minimum absolute atomic E-state index is 0.244. The Morgan fingerprint density at radius 3 is 2.24 bits per heavy atom. The first-order valence-corrected chi connectivity index (χ1v) is 7.32. The van der Waals surface area contributed by atoms with Crippen LogP contribution in [0.15, 0.2) is 0 Å². The molecule has 0 aliphatic carbocycles. The van der Waals surface area contributed by atoms with Gasteiger partial charge in [0.2, 0.25) is 0 Å². The predicted octanol–water partition coefficient (Wildman–Crippen LogP) is 2.58. The van der Waals surface area contributed by atoms with E-state index in [0.29, 0.717) is 6.54 Å². The molecule has 0 spiro atoms. The molecule has 0 aliphatic heterocycles. The highest BCUT2D eigenvalue weighted by atomic mass is 19.4. The third-order valence-electron chi connectivity index (χ3n) is 3.41. The summed E-state index contributed by atoms with van der Waals surface area (Å²) in [6.45, 7) is 8.67. The van der Waals surface area contributed by atoms with E-state index in [1.165, 1.54) is 4.90 Å². The molecule has 0 radical (unpaired) electrons. The molecule has 0 aliphatic rings. The van der Waals surface area contributed by atoms with Crippen LogP contribution in [0.25, 0.3) is 0 Å². The van der Waals surface area contributed by atoms with Gasteiger partial charge < -0.3 is 10.1 Å². The van der Waals surface area contributed by atoms with Crippen LogP contribution in [0.4, 0.5) is 13.2 Å². The van der Waals surface area contributed by atoms with Crippen molar-refractivity contribution in [1.82, 2.24) is 10.2 Å². The Hall–Kier alpha value is -0.820. The number of likely N-dealkylation sites (N-methyl/N-ethyl adjacent to an activating group) is 1. The third-order valence-corrected chi connectivity index (χ3v) is 3.41. The summed E-state index contributed by atoms with van der Waals surface area (Å²) >= 11 is 0. The van der Waals surface area contributed by atoms with Crippen molar-refractivity contribution in [2.75, 3.05) is 26.2 Å². The van der Waals surface area contributed by atoms with Crippen LogP contribution in [-0.4, -0.2) is 54.9 Å². The highest BCUT2D eigenvalue weighted by Crippen LogP contribution is 2.22. The fraction of sp³-hybridized carbons (Fsp3) is 0.929. The molecular formula is C14H27F3N2O2. The quantitative estimate of drug-likeness (QED) is 0.665. The van der Waals surface area contributed by atoms with Crippen LogP contribution in [0, 0.1) is 0 Å². The fourth-order valence-electron chi connectivity index (χ4n) is 2.44. The van der Waals surface area contributed by atoms with Crippen molar-refractivity contribution in [1.29, 1.82) is 0 Å². The molecular weight excluding hydrogens is 285 g/mol. The second-order valence-corrected chi connectivity index (χ2v) is 5.31. The van der Waals surface area contributed by atoms with Gasteiger partial charge in [-0.1, -0.05) is 13.8 Å². The first kappa shape index (κ1) is 20.2. The number of ether oxygens (including phenoxy) is 1. The Kier molecular flexibility index (Phi) is 8.25. The lowest BCUT2D eigenvalue weighted by Gasteiger charge is -2.36. The van der Waals surface area contributed by atoms with Gasteiger partial charge in [-0.3, -0.25) is 9.69 Å². The van der Waals surface area contributed by atoms with Crippen LogP contribution >= 0.6 is 0 Å². The largest absolute Gasteiger partial charge is 0.465 e. The van der Waals surface area contributed by atoms with Gasteiger partial charge in [-0.05, 0) is 40.3 Å². The van der Waals surface area contributed by atoms with E-state index in [0.717, 1.165) is 0 Å². The molecule has 21 heavy (non-hydrogen) atoms. The van der Waals surface area contributed by atoms with Crippen molar-refractivity contribution in [2.24, 2.45) is 0 Å². The van der Waals surface area contributed by atoms with E-state index in [4.69, 9.17) is 4.74 Å². The average Bonchev–Trinajstić information content (AvgIpc) is 2.35. The molecule has 0 aromatic carbocycles. The average molecular weight is 312 g/mol. The second-order valence-electron chi connectivity index (χ2n) is 5.31. The summed E-state index contributed by atoms with van der Waals surface area (Å²) in [5, 5.41) is 3.03. The van der Waals surface area contributed by atoms with Crippen molar-refractivity contribution >= 4 is 5.97 Å². The summed E-state index contributed by atoms with van der Waals surface area (Å²) in [5.74, 6) is -0.429. The van der Waals surface area contributed by atoms with Gasteiger partial charge in [-0.25, -0.2) is 0 Å². The Balaban J connectivity index is 4.93. The molecule has 2 unspecified atom stereocenters. The van der Waals surface area contributed by atoms with Gasteiger partial charge in [-0.2, -0.15) is 13.2 Å². The fourth-order valence-corrected chi connectivity index (χ4v) is 2.44. The van der Waals surface area contributed by atoms with Crippen LogP contribution in [0.2, 0.25) is 0 Å². The van der Waals surface area contributed by atoms with Gasteiger partial charge in [0.1, 0.15) is 5.54 Å². The van der Waals surface area contributed by atoms with Crippen molar-refractivity contribution in [2.45, 2.75) is 58.8 Å². The van der Waals surface area contributed by atoms with Crippen LogP contribution in [0.5, 0.6) is 0 Å². The topological polar surface area (TPSA) is 41.6 Å². The zero-order valence-corrected chi connectivity index (χ0v) is 13.5. The Morgan fingerprint density at radius 1 is 1.29 bits per heavy atom. The molecule has 7 heteroatoms. The Bertz CT molecular complexity index is 324. The van der Waals surface area contributed by atoms with Gasteiger partial charge in [0.25, 0.3) is 0 Å². The van der Waals surface area contributed by atoms with Crippen LogP contribution < -0.4 is 5.32 Å². The smallest absolute Gasteiger partial charge is 0.401 e. The van der Waals surface area contributed by atoms with E-state index in [1.807, 2.05) is 6.92 Å². The molecule has 0 saturated heterocycles. The number of esters is 1. The summed E-state index contributed by atoms with van der Waals surface area (Å²) in [4.78, 5) is 13.4. The minimum Gasteiger partial charge on any atom is -0.465 e. The van der Waals surface area contributed by atoms with Crippen molar-refractivity contribution < 1.29 is 22.7 Å². The summed E-state index contributed by atoms with van der Waals surface area (Å²) in [6, 6.07) is -0.398. The molecule has 2 atom stereocenters. The maximum Gasteiger partial charge on any atom is 0.401 e. The number of hydrogen-bond acceptors (Lipinski definition) is 4. The zero-order chi connectivity index (χ0) is 16.7. The number of nitrogens with one attached hydrogen (secondary N) is 1. The number of carbonyl (C=O) groups excluding carboxylic acids is 1. The molecule has 1 N–H and O–H groups in total. The summed E-state index contributed by atoms with van der Waals surface area (Å²) in [6.07, 6.45) is -3.99. The molecule has 0 fully saturated rings. The summed E-state index contributed by atoms with van der Waals surface area (Å²) in [5.41, 5.74) is -0.983. The highest BCUT2D eigenvalue weighted by molar-refractivity contribution is 5.80. The van der Waals surface area contributed by atoms with Gasteiger partial charge >= 0.3 is 12.1 Å². The normalized spacial score (nSPS) is 16.6. The minimum atomic E-state index is -4.25. The van der Waals surface area contributed by atoms with E-state index < -0.39 is 30.3 Å². The number of hydrogen-bond donors (Lipinski definition) is 1. The lowest BCUT2D eigenvalue weighted by molar-refractivity contribution is -0.155. The van der Waals surface area contributed by atoms with Gasteiger partial charge in [-0.15, -0.1) is 0 Å². The molecule has 4 nitrogen and oxygen atoms in total. The molecule has 0 saturated carbocycles. The lowest BCUT2D eigenvalue weighted by atomic mass is 9.92. The molecule has 0 rings (SSSR count). The molecule has 0 heterocycles. The van der Waals surface area contributed by atoms with E-state index in [9.17, 15) is 18.0 Å². The molecule has 0 amide bonds. The van der Waals surface area contributed by atoms with Crippen LogP contribution in [0.1, 0.15) is 41.0 Å². The molecule has 126 valence electrons. The maximum atomic E-state index is 12.6. The maximum absolute atomic E-state index is 12.6. The molecule has 0 aromatic rings. The Morgan fingerprint density at radius 2 is 1.86 bits per heavy atom. The SMILES string of the molecule is CCNC(C)(CC(C)N(CC)CC(F)(F)F)C(=O)OCC. The number of carbonyl (C=O) groups is 1. The first-order chi connectivity index (χ1) is 9.59. The van der Waals surface area contributed by atoms with Crippen molar-refractivity contribution in [3.05, 3.63) is 0 Å². The van der Waals surface area contributed by atoms with Crippen molar-refractivity contribution in [3.8, 4) is 0 Å². The standard InChI is InChI=1S/C14H27F3N2O2/c1-6-18-13(5,12(20)21-8-3)9-11(4)19(7-2)10-14(15,16)17/h11,18H,6-10H2,1-5H3. The number of nitrogens with zero attached hydrogens (tertiary/aromatic N) is 1. The lowest BCUT2D eigenvalue weighted by Crippen LogP contribution is -2.55. The van der Waals surface area contributed by atoms with Crippen LogP contribution in [-0.2, 0) is 9.53 Å². The predicted molar refractivity (Wildman–Crippen MR) is 76.1 cm³/mol. The molecule has 0 aromatic heterocycles. The second kappa shape index (κ2) is 8.58. The monoisotopic (exact) mass is 312 g/mol. The summed E-state index contributed by atoms with van der Waals surface area (Å²) in [7, 11) is 0. The number of rotatable bonds is 9. The highest BCUT2D eigenvalue weighted by Gasteiger charge is 2.39. The number of halogens is 3. The van der Waals surface area contributed by atoms with Gasteiger partial charge in [0.15, 0.2) is 0 Å². The van der Waals surface area contributed by atoms with Gasteiger partial charge in [0, 0.05) is 6.04 Å². The first-order valence-electron chi connectivity index (χ1n) is 7.32. The number of alkyl halides is 3. The van der Waals surface area contributed by atoms with Crippen LogP contribution in [0.3, 0.4) is 0 Å². The Labute approximate surface area is 125 Å². The van der Waals surface area contributed by atoms with Crippen molar-refractivity contribution in [3.63, 3.8) is 0 Å². The van der Waals surface area contributed by atoms with E-state index >= 15 is 0 Å². The van der Waals surface area contributed by atoms with Gasteiger partial charge in [0.05, 0.1) is 13.2 Å². The molecule has 0 bridgehead atoms.